The Balaban J connectivity index is 2.20. The molecule has 0 fully saturated rings. The molecule has 0 bridgehead atoms. The van der Waals surface area contributed by atoms with Gasteiger partial charge in [-0.25, -0.2) is 19.9 Å². The lowest BCUT2D eigenvalue weighted by molar-refractivity contribution is 0.897. The lowest BCUT2D eigenvalue weighted by Gasteiger charge is -2.04. The van der Waals surface area contributed by atoms with Crippen LogP contribution >= 0.6 is 11.8 Å². The fourth-order valence-corrected chi connectivity index (χ4v) is 2.30. The molecular formula is C12H15N5S. The molecule has 0 aliphatic heterocycles. The van der Waals surface area contributed by atoms with Crippen LogP contribution in [0.3, 0.4) is 0 Å². The second-order valence-corrected chi connectivity index (χ2v) is 4.77. The summed E-state index contributed by atoms with van der Waals surface area (Å²) in [5, 5.41) is 4.64. The molecule has 0 radical (unpaired) electrons. The normalized spacial score (nSPS) is 10.4. The van der Waals surface area contributed by atoms with Crippen molar-refractivity contribution in [2.24, 2.45) is 0 Å². The van der Waals surface area contributed by atoms with E-state index >= 15 is 0 Å². The van der Waals surface area contributed by atoms with E-state index in [1.54, 1.807) is 6.20 Å². The van der Waals surface area contributed by atoms with E-state index in [4.69, 9.17) is 0 Å². The number of hydrogen-bond donors (Lipinski definition) is 1. The van der Waals surface area contributed by atoms with E-state index in [9.17, 15) is 0 Å². The summed E-state index contributed by atoms with van der Waals surface area (Å²) in [5.74, 6) is 0.631. The number of hydrogen-bond acceptors (Lipinski definition) is 6. The van der Waals surface area contributed by atoms with Gasteiger partial charge in [0.1, 0.15) is 5.03 Å². The minimum Gasteiger partial charge on any atom is -0.354 e. The van der Waals surface area contributed by atoms with Gasteiger partial charge in [0.15, 0.2) is 5.16 Å². The molecule has 2 aromatic rings. The van der Waals surface area contributed by atoms with Crippen LogP contribution in [-0.4, -0.2) is 26.5 Å². The van der Waals surface area contributed by atoms with Crippen molar-refractivity contribution in [1.29, 1.82) is 0 Å². The van der Waals surface area contributed by atoms with Crippen LogP contribution < -0.4 is 5.32 Å². The van der Waals surface area contributed by atoms with Gasteiger partial charge >= 0.3 is 0 Å². The maximum atomic E-state index is 4.38. The van der Waals surface area contributed by atoms with Gasteiger partial charge in [0.2, 0.25) is 5.95 Å². The van der Waals surface area contributed by atoms with Gasteiger partial charge in [-0.1, -0.05) is 0 Å². The summed E-state index contributed by atoms with van der Waals surface area (Å²) in [7, 11) is 0. The highest BCUT2D eigenvalue weighted by atomic mass is 32.2. The number of nitrogens with zero attached hydrogens (tertiary/aromatic N) is 4. The second-order valence-electron chi connectivity index (χ2n) is 3.78. The summed E-state index contributed by atoms with van der Waals surface area (Å²) in [6, 6.07) is 3.81. The van der Waals surface area contributed by atoms with Crippen LogP contribution in [0.1, 0.15) is 18.3 Å². The first kappa shape index (κ1) is 12.8. The highest BCUT2D eigenvalue weighted by Crippen LogP contribution is 2.23. The van der Waals surface area contributed by atoms with Gasteiger partial charge < -0.3 is 5.32 Å². The highest BCUT2D eigenvalue weighted by molar-refractivity contribution is 7.99. The molecule has 0 atom stereocenters. The highest BCUT2D eigenvalue weighted by Gasteiger charge is 2.05. The van der Waals surface area contributed by atoms with Crippen LogP contribution in [0.4, 0.5) is 5.95 Å². The second kappa shape index (κ2) is 5.77. The van der Waals surface area contributed by atoms with Crippen molar-refractivity contribution in [2.45, 2.75) is 31.0 Å². The molecule has 6 heteroatoms. The molecule has 2 heterocycles. The molecule has 94 valence electrons. The minimum atomic E-state index is 0.631. The molecule has 18 heavy (non-hydrogen) atoms. The van der Waals surface area contributed by atoms with E-state index in [0.717, 1.165) is 23.0 Å². The van der Waals surface area contributed by atoms with Crippen LogP contribution in [-0.2, 0) is 0 Å². The SMILES string of the molecule is CCNc1nccc(Sc2nc(C)cc(C)n2)n1. The van der Waals surface area contributed by atoms with Crippen LogP contribution in [0.15, 0.2) is 28.5 Å². The Kier molecular flexibility index (Phi) is 4.09. The molecule has 1 N–H and O–H groups in total. The summed E-state index contributed by atoms with van der Waals surface area (Å²) in [6.45, 7) is 6.73. The fraction of sp³-hybridized carbons (Fsp3) is 0.333. The topological polar surface area (TPSA) is 63.6 Å². The molecule has 2 aromatic heterocycles. The van der Waals surface area contributed by atoms with Crippen molar-refractivity contribution < 1.29 is 0 Å². The molecular weight excluding hydrogens is 246 g/mol. The van der Waals surface area contributed by atoms with Crippen molar-refractivity contribution in [3.05, 3.63) is 29.7 Å². The molecule has 0 spiro atoms. The maximum Gasteiger partial charge on any atom is 0.223 e. The van der Waals surface area contributed by atoms with Crippen LogP contribution in [0.2, 0.25) is 0 Å². The maximum absolute atomic E-state index is 4.38. The first-order valence-electron chi connectivity index (χ1n) is 5.74. The zero-order chi connectivity index (χ0) is 13.0. The Morgan fingerprint density at radius 1 is 1.17 bits per heavy atom. The predicted octanol–water partition coefficient (Wildman–Crippen LogP) is 2.47. The predicted molar refractivity (Wildman–Crippen MR) is 71.8 cm³/mol. The summed E-state index contributed by atoms with van der Waals surface area (Å²) >= 11 is 1.44. The summed E-state index contributed by atoms with van der Waals surface area (Å²) < 4.78 is 0. The van der Waals surface area contributed by atoms with Gasteiger partial charge in [0.05, 0.1) is 0 Å². The van der Waals surface area contributed by atoms with Crippen molar-refractivity contribution in [2.75, 3.05) is 11.9 Å². The lowest BCUT2D eigenvalue weighted by Crippen LogP contribution is -2.02. The van der Waals surface area contributed by atoms with Gasteiger partial charge in [-0.05, 0) is 44.7 Å². The monoisotopic (exact) mass is 261 g/mol. The molecule has 0 aromatic carbocycles. The molecule has 0 unspecified atom stereocenters. The molecule has 0 aliphatic carbocycles. The van der Waals surface area contributed by atoms with Crippen molar-refractivity contribution in [1.82, 2.24) is 19.9 Å². The van der Waals surface area contributed by atoms with Crippen LogP contribution in [0.5, 0.6) is 0 Å². The quantitative estimate of drug-likeness (QED) is 0.674. The Hall–Kier alpha value is -1.69. The van der Waals surface area contributed by atoms with Gasteiger partial charge in [0, 0.05) is 24.1 Å². The molecule has 0 amide bonds. The smallest absolute Gasteiger partial charge is 0.223 e. The largest absolute Gasteiger partial charge is 0.354 e. The van der Waals surface area contributed by atoms with E-state index in [0.29, 0.717) is 11.1 Å². The lowest BCUT2D eigenvalue weighted by atomic mass is 10.4. The van der Waals surface area contributed by atoms with Crippen molar-refractivity contribution in [3.63, 3.8) is 0 Å². The first-order chi connectivity index (χ1) is 8.67. The number of anilines is 1. The Morgan fingerprint density at radius 2 is 1.89 bits per heavy atom. The Morgan fingerprint density at radius 3 is 2.56 bits per heavy atom. The van der Waals surface area contributed by atoms with Gasteiger partial charge in [0.25, 0.3) is 0 Å². The average molecular weight is 261 g/mol. The number of aryl methyl sites for hydroxylation is 2. The van der Waals surface area contributed by atoms with Crippen LogP contribution in [0, 0.1) is 13.8 Å². The third kappa shape index (κ3) is 3.40. The third-order valence-electron chi connectivity index (χ3n) is 2.12. The first-order valence-corrected chi connectivity index (χ1v) is 6.56. The van der Waals surface area contributed by atoms with Gasteiger partial charge in [-0.3, -0.25) is 0 Å². The summed E-state index contributed by atoms with van der Waals surface area (Å²) in [6.07, 6.45) is 1.73. The summed E-state index contributed by atoms with van der Waals surface area (Å²) in [5.41, 5.74) is 1.93. The van der Waals surface area contributed by atoms with E-state index in [-0.39, 0.29) is 0 Å². The number of aromatic nitrogens is 4. The molecule has 2 rings (SSSR count). The van der Waals surface area contributed by atoms with E-state index < -0.39 is 0 Å². The Labute approximate surface area is 110 Å². The zero-order valence-corrected chi connectivity index (χ0v) is 11.5. The Bertz CT molecular complexity index is 523. The van der Waals surface area contributed by atoms with Gasteiger partial charge in [-0.15, -0.1) is 0 Å². The van der Waals surface area contributed by atoms with Crippen molar-refractivity contribution in [3.8, 4) is 0 Å². The van der Waals surface area contributed by atoms with E-state index in [1.807, 2.05) is 32.9 Å². The zero-order valence-electron chi connectivity index (χ0n) is 10.6. The van der Waals surface area contributed by atoms with Gasteiger partial charge in [-0.2, -0.15) is 0 Å². The fourth-order valence-electron chi connectivity index (χ4n) is 1.48. The van der Waals surface area contributed by atoms with E-state index in [2.05, 4.69) is 25.3 Å². The average Bonchev–Trinajstić information content (AvgIpc) is 2.28. The van der Waals surface area contributed by atoms with Crippen molar-refractivity contribution >= 4 is 17.7 Å². The molecule has 0 saturated carbocycles. The van der Waals surface area contributed by atoms with Crippen LogP contribution in [0.25, 0.3) is 0 Å². The summed E-state index contributed by atoms with van der Waals surface area (Å²) in [4.78, 5) is 17.3. The molecule has 0 saturated heterocycles. The number of rotatable bonds is 4. The molecule has 5 nitrogen and oxygen atoms in total. The standard InChI is InChI=1S/C12H15N5S/c1-4-13-11-14-6-5-10(17-11)18-12-15-8(2)7-9(3)16-12/h5-7H,4H2,1-3H3,(H,13,14,17). The van der Waals surface area contributed by atoms with E-state index in [1.165, 1.54) is 11.8 Å². The number of nitrogens with one attached hydrogen (secondary N) is 1. The third-order valence-corrected chi connectivity index (χ3v) is 2.92. The minimum absolute atomic E-state index is 0.631. The molecule has 0 aliphatic rings.